The normalized spacial score (nSPS) is 12.6. The van der Waals surface area contributed by atoms with Crippen molar-refractivity contribution >= 4 is 49.5 Å². The third kappa shape index (κ3) is 4.38. The van der Waals surface area contributed by atoms with Crippen LogP contribution in [0, 0.1) is 0 Å². The predicted molar refractivity (Wildman–Crippen MR) is 136 cm³/mol. The van der Waals surface area contributed by atoms with Gasteiger partial charge in [-0.05, 0) is 35.9 Å². The predicted octanol–water partition coefficient (Wildman–Crippen LogP) is 4.88. The van der Waals surface area contributed by atoms with E-state index in [2.05, 4.69) is 4.57 Å². The first kappa shape index (κ1) is 23.7. The van der Waals surface area contributed by atoms with Crippen molar-refractivity contribution < 1.29 is 17.9 Å². The molecule has 0 fully saturated rings. The fraction of sp³-hybridized carbons (Fsp3) is 0.167. The van der Waals surface area contributed by atoms with Crippen LogP contribution in [0.3, 0.4) is 0 Å². The van der Waals surface area contributed by atoms with Gasteiger partial charge in [0.1, 0.15) is 4.90 Å². The van der Waals surface area contributed by atoms with Gasteiger partial charge in [0.05, 0.1) is 15.4 Å². The van der Waals surface area contributed by atoms with Crippen LogP contribution >= 0.6 is 28.7 Å². The van der Waals surface area contributed by atoms with Crippen LogP contribution in [0.4, 0.5) is 0 Å². The Kier molecular flexibility index (Phi) is 7.04. The van der Waals surface area contributed by atoms with Gasteiger partial charge in [-0.25, -0.2) is 8.42 Å². The summed E-state index contributed by atoms with van der Waals surface area (Å²) in [5, 5.41) is 1.40. The van der Waals surface area contributed by atoms with Gasteiger partial charge in [0, 0.05) is 24.2 Å². The molecule has 0 amide bonds. The Labute approximate surface area is 207 Å². The average Bonchev–Trinajstić information content (AvgIpc) is 3.41. The number of hydrogen-bond acceptors (Lipinski definition) is 6. The van der Waals surface area contributed by atoms with E-state index in [1.807, 2.05) is 48.5 Å². The zero-order chi connectivity index (χ0) is 22.1. The molecule has 6 nitrogen and oxygen atoms in total. The first-order chi connectivity index (χ1) is 15.6. The highest BCUT2D eigenvalue weighted by molar-refractivity contribution is 8.93. The van der Waals surface area contributed by atoms with E-state index >= 15 is 0 Å². The highest BCUT2D eigenvalue weighted by Crippen LogP contribution is 2.40. The summed E-state index contributed by atoms with van der Waals surface area (Å²) in [7, 11) is -3.73. The van der Waals surface area contributed by atoms with Crippen molar-refractivity contribution in [3.05, 3.63) is 78.4 Å². The Morgan fingerprint density at radius 2 is 1.67 bits per heavy atom. The van der Waals surface area contributed by atoms with Crippen molar-refractivity contribution in [3.8, 4) is 11.5 Å². The van der Waals surface area contributed by atoms with Crippen LogP contribution in [-0.2, 0) is 16.4 Å². The molecular formula is C24H23BrN2O4S2. The van der Waals surface area contributed by atoms with Gasteiger partial charge < -0.3 is 19.8 Å². The van der Waals surface area contributed by atoms with Crippen LogP contribution in [0.2, 0.25) is 0 Å². The number of nitrogens with two attached hydrogens (primary N) is 1. The number of ether oxygens (including phenoxy) is 2. The second-order valence-electron chi connectivity index (χ2n) is 7.38. The minimum atomic E-state index is -3.73. The summed E-state index contributed by atoms with van der Waals surface area (Å²) in [5.41, 5.74) is 7.65. The fourth-order valence-electron chi connectivity index (χ4n) is 3.90. The molecular weight excluding hydrogens is 524 g/mol. The number of aromatic nitrogens is 1. The Balaban J connectivity index is 0.00000259. The molecule has 33 heavy (non-hydrogen) atoms. The van der Waals surface area contributed by atoms with Gasteiger partial charge in [0.2, 0.25) is 16.6 Å². The molecule has 0 bridgehead atoms. The number of para-hydroxylation sites is 1. The third-order valence-corrected chi connectivity index (χ3v) is 8.45. The average molecular weight is 547 g/mol. The molecule has 0 unspecified atom stereocenters. The van der Waals surface area contributed by atoms with Gasteiger partial charge in [0.25, 0.3) is 0 Å². The SMILES string of the molecule is Br.NCCSc1c(S(=O)(=O)c2ccccc2)c2ccccc2n1Cc1ccc2c(c1)OCO2. The lowest BCUT2D eigenvalue weighted by molar-refractivity contribution is 0.174. The highest BCUT2D eigenvalue weighted by Gasteiger charge is 2.29. The Bertz CT molecular complexity index is 1390. The summed E-state index contributed by atoms with van der Waals surface area (Å²) in [6, 6.07) is 22.0. The number of thioether (sulfide) groups is 1. The van der Waals surface area contributed by atoms with Crippen LogP contribution in [0.1, 0.15) is 5.56 Å². The van der Waals surface area contributed by atoms with Gasteiger partial charge in [-0.3, -0.25) is 0 Å². The van der Waals surface area contributed by atoms with E-state index in [0.29, 0.717) is 39.9 Å². The summed E-state index contributed by atoms with van der Waals surface area (Å²) < 4.78 is 40.5. The third-order valence-electron chi connectivity index (χ3n) is 5.34. The van der Waals surface area contributed by atoms with E-state index < -0.39 is 9.84 Å². The van der Waals surface area contributed by atoms with Crippen molar-refractivity contribution in [1.82, 2.24) is 4.57 Å². The second kappa shape index (κ2) is 9.80. The van der Waals surface area contributed by atoms with Gasteiger partial charge >= 0.3 is 0 Å². The number of benzene rings is 3. The molecule has 2 heterocycles. The van der Waals surface area contributed by atoms with E-state index in [9.17, 15) is 8.42 Å². The smallest absolute Gasteiger partial charge is 0.231 e. The molecule has 1 aliphatic heterocycles. The Morgan fingerprint density at radius 1 is 0.939 bits per heavy atom. The zero-order valence-electron chi connectivity index (χ0n) is 17.6. The molecule has 0 saturated heterocycles. The van der Waals surface area contributed by atoms with Gasteiger partial charge in [-0.1, -0.05) is 42.5 Å². The monoisotopic (exact) mass is 546 g/mol. The van der Waals surface area contributed by atoms with Crippen molar-refractivity contribution in [2.45, 2.75) is 21.4 Å². The number of rotatable bonds is 7. The fourth-order valence-corrected chi connectivity index (χ4v) is 6.83. The Hall–Kier alpha value is -2.46. The topological polar surface area (TPSA) is 83.6 Å². The molecule has 3 aromatic carbocycles. The summed E-state index contributed by atoms with van der Waals surface area (Å²) in [4.78, 5) is 0.610. The molecule has 0 radical (unpaired) electrons. The summed E-state index contributed by atoms with van der Waals surface area (Å²) >= 11 is 1.47. The lowest BCUT2D eigenvalue weighted by Crippen LogP contribution is -2.08. The van der Waals surface area contributed by atoms with Crippen LogP contribution in [0.5, 0.6) is 11.5 Å². The minimum Gasteiger partial charge on any atom is -0.454 e. The maximum absolute atomic E-state index is 13.8. The summed E-state index contributed by atoms with van der Waals surface area (Å²) in [6.07, 6.45) is 0. The zero-order valence-corrected chi connectivity index (χ0v) is 21.0. The maximum Gasteiger partial charge on any atom is 0.231 e. The molecule has 9 heteroatoms. The lowest BCUT2D eigenvalue weighted by Gasteiger charge is -2.13. The van der Waals surface area contributed by atoms with Gasteiger partial charge in [-0.2, -0.15) is 0 Å². The van der Waals surface area contributed by atoms with Crippen LogP contribution < -0.4 is 15.2 Å². The van der Waals surface area contributed by atoms with Gasteiger partial charge in [0.15, 0.2) is 11.5 Å². The van der Waals surface area contributed by atoms with Crippen LogP contribution in [0.25, 0.3) is 10.9 Å². The maximum atomic E-state index is 13.8. The number of hydrogen-bond donors (Lipinski definition) is 1. The summed E-state index contributed by atoms with van der Waals surface area (Å²) in [5.74, 6) is 2.03. The van der Waals surface area contributed by atoms with Crippen molar-refractivity contribution in [2.75, 3.05) is 19.1 Å². The molecule has 0 aliphatic carbocycles. The van der Waals surface area contributed by atoms with Crippen LogP contribution in [-0.4, -0.2) is 32.1 Å². The minimum absolute atomic E-state index is 0. The highest BCUT2D eigenvalue weighted by atomic mass is 79.9. The van der Waals surface area contributed by atoms with E-state index in [0.717, 1.165) is 16.8 Å². The molecule has 172 valence electrons. The van der Waals surface area contributed by atoms with Crippen LogP contribution in [0.15, 0.2) is 87.6 Å². The quantitative estimate of drug-likeness (QED) is 0.332. The molecule has 0 spiro atoms. The first-order valence-corrected chi connectivity index (χ1v) is 12.7. The lowest BCUT2D eigenvalue weighted by atomic mass is 10.2. The number of fused-ring (bicyclic) bond motifs is 2. The molecule has 4 aromatic rings. The van der Waals surface area contributed by atoms with Crippen molar-refractivity contribution in [2.24, 2.45) is 5.73 Å². The molecule has 0 atom stereocenters. The number of halogens is 1. The number of nitrogens with zero attached hydrogens (tertiary/aromatic N) is 1. The molecule has 1 aromatic heterocycles. The standard InChI is InChI=1S/C24H22N2O4S2.BrH/c25-12-13-31-24-23(32(27,28)18-6-2-1-3-7-18)19-8-4-5-9-20(19)26(24)15-17-10-11-21-22(14-17)30-16-29-21;/h1-11,14H,12-13,15-16,25H2;1H. The molecule has 0 saturated carbocycles. The van der Waals surface area contributed by atoms with Crippen molar-refractivity contribution in [1.29, 1.82) is 0 Å². The number of sulfone groups is 1. The largest absolute Gasteiger partial charge is 0.454 e. The second-order valence-corrected chi connectivity index (χ2v) is 10.3. The molecule has 2 N–H and O–H groups in total. The van der Waals surface area contributed by atoms with Crippen molar-refractivity contribution in [3.63, 3.8) is 0 Å². The first-order valence-electron chi connectivity index (χ1n) is 10.2. The molecule has 1 aliphatic rings. The van der Waals surface area contributed by atoms with E-state index in [1.165, 1.54) is 11.8 Å². The van der Waals surface area contributed by atoms with E-state index in [4.69, 9.17) is 15.2 Å². The van der Waals surface area contributed by atoms with E-state index in [-0.39, 0.29) is 28.7 Å². The molecule has 5 rings (SSSR count). The summed E-state index contributed by atoms with van der Waals surface area (Å²) in [6.45, 7) is 1.15. The van der Waals surface area contributed by atoms with Gasteiger partial charge in [-0.15, -0.1) is 28.7 Å². The Morgan fingerprint density at radius 3 is 2.45 bits per heavy atom. The van der Waals surface area contributed by atoms with E-state index in [1.54, 1.807) is 24.3 Å².